The molecule has 10 nitrogen and oxygen atoms in total. The van der Waals surface area contributed by atoms with E-state index in [1.807, 2.05) is 52.8 Å². The predicted octanol–water partition coefficient (Wildman–Crippen LogP) is 5.57. The first kappa shape index (κ1) is 31.4. The van der Waals surface area contributed by atoms with Crippen molar-refractivity contribution in [3.63, 3.8) is 0 Å². The Labute approximate surface area is 225 Å². The molecule has 2 rings (SSSR count). The van der Waals surface area contributed by atoms with Crippen LogP contribution in [0.2, 0.25) is 0 Å². The van der Waals surface area contributed by atoms with Crippen LogP contribution in [0.1, 0.15) is 64.2 Å². The van der Waals surface area contributed by atoms with Gasteiger partial charge < -0.3 is 23.7 Å². The summed E-state index contributed by atoms with van der Waals surface area (Å²) in [7, 11) is 3.08. The number of carbonyl (C=O) groups excluding carboxylic acids is 2. The quantitative estimate of drug-likeness (QED) is 0.0893. The Morgan fingerprint density at radius 1 is 1.18 bits per heavy atom. The predicted molar refractivity (Wildman–Crippen MR) is 143 cm³/mol. The molecule has 5 unspecified atom stereocenters. The average Bonchev–Trinajstić information content (AvgIpc) is 3.26. The zero-order valence-corrected chi connectivity index (χ0v) is 23.7. The van der Waals surface area contributed by atoms with Crippen LogP contribution < -0.4 is 4.74 Å². The lowest BCUT2D eigenvalue weighted by molar-refractivity contribution is -0.158. The van der Waals surface area contributed by atoms with Gasteiger partial charge >= 0.3 is 11.9 Å². The number of methoxy groups -OCH3 is 2. The van der Waals surface area contributed by atoms with Crippen LogP contribution in [0.15, 0.2) is 23.3 Å². The Bertz CT molecular complexity index is 962. The fourth-order valence-electron chi connectivity index (χ4n) is 4.81. The summed E-state index contributed by atoms with van der Waals surface area (Å²) in [6.45, 7) is 10.9. The molecule has 1 aliphatic rings. The number of nitrogens with zero attached hydrogens (tertiary/aromatic N) is 3. The van der Waals surface area contributed by atoms with E-state index in [1.165, 1.54) is 7.11 Å². The zero-order chi connectivity index (χ0) is 28.2. The summed E-state index contributed by atoms with van der Waals surface area (Å²) in [6.07, 6.45) is 0.414. The Hall–Kier alpha value is -2.81. The molecule has 1 fully saturated rings. The molecule has 0 radical (unpaired) electrons. The Balaban J connectivity index is 2.40. The number of ether oxygens (including phenoxy) is 5. The highest BCUT2D eigenvalue weighted by Gasteiger charge is 2.42. The van der Waals surface area contributed by atoms with Gasteiger partial charge in [-0.25, -0.2) is 4.79 Å². The second-order valence-corrected chi connectivity index (χ2v) is 10.5. The van der Waals surface area contributed by atoms with E-state index < -0.39 is 24.2 Å². The first-order chi connectivity index (χ1) is 18.1. The van der Waals surface area contributed by atoms with Crippen LogP contribution in [-0.4, -0.2) is 58.1 Å². The molecule has 0 saturated carbocycles. The molecule has 1 heterocycles. The van der Waals surface area contributed by atoms with Gasteiger partial charge in [-0.05, 0) is 54.3 Å². The highest BCUT2D eigenvalue weighted by molar-refractivity contribution is 5.75. The number of aryl methyl sites for hydroxylation is 1. The monoisotopic (exact) mass is 533 g/mol. The third kappa shape index (κ3) is 8.89. The van der Waals surface area contributed by atoms with E-state index in [0.717, 1.165) is 17.5 Å². The summed E-state index contributed by atoms with van der Waals surface area (Å²) in [5.41, 5.74) is 11.1. The minimum absolute atomic E-state index is 0.0390. The lowest BCUT2D eigenvalue weighted by atomic mass is 9.79. The summed E-state index contributed by atoms with van der Waals surface area (Å²) in [4.78, 5) is 28.2. The molecule has 0 aliphatic carbocycles. The number of carbonyl (C=O) groups is 2. The lowest BCUT2D eigenvalue weighted by Gasteiger charge is -2.33. The van der Waals surface area contributed by atoms with E-state index in [4.69, 9.17) is 23.7 Å². The van der Waals surface area contributed by atoms with Crippen molar-refractivity contribution in [1.29, 1.82) is 0 Å². The van der Waals surface area contributed by atoms with Gasteiger partial charge in [0.1, 0.15) is 24.6 Å². The smallest absolute Gasteiger partial charge is 0.332 e. The highest BCUT2D eigenvalue weighted by Crippen LogP contribution is 2.40. The van der Waals surface area contributed by atoms with Crippen molar-refractivity contribution in [2.45, 2.75) is 72.1 Å². The topological polar surface area (TPSA) is 129 Å². The fraction of sp³-hybridized carbons (Fsp3) is 0.714. The van der Waals surface area contributed by atoms with Gasteiger partial charge in [-0.2, -0.15) is 0 Å². The largest absolute Gasteiger partial charge is 0.493 e. The van der Waals surface area contributed by atoms with E-state index in [1.54, 1.807) is 7.11 Å². The summed E-state index contributed by atoms with van der Waals surface area (Å²) < 4.78 is 27.8. The van der Waals surface area contributed by atoms with Crippen LogP contribution in [0, 0.1) is 30.6 Å². The van der Waals surface area contributed by atoms with E-state index in [2.05, 4.69) is 10.0 Å². The number of azide groups is 1. The van der Waals surface area contributed by atoms with Crippen LogP contribution >= 0.6 is 0 Å². The van der Waals surface area contributed by atoms with Gasteiger partial charge in [0.15, 0.2) is 0 Å². The number of benzene rings is 1. The number of rotatable bonds is 16. The summed E-state index contributed by atoms with van der Waals surface area (Å²) in [6, 6.07) is 5.16. The van der Waals surface area contributed by atoms with Crippen molar-refractivity contribution >= 4 is 11.9 Å². The summed E-state index contributed by atoms with van der Waals surface area (Å²) in [5, 5.41) is 4.04. The Morgan fingerprint density at radius 3 is 2.50 bits per heavy atom. The van der Waals surface area contributed by atoms with Crippen molar-refractivity contribution < 1.29 is 33.3 Å². The lowest BCUT2D eigenvalue weighted by Crippen LogP contribution is -2.33. The van der Waals surface area contributed by atoms with Gasteiger partial charge in [-0.3, -0.25) is 4.79 Å². The van der Waals surface area contributed by atoms with Gasteiger partial charge in [0.25, 0.3) is 0 Å². The minimum Gasteiger partial charge on any atom is -0.493 e. The maximum Gasteiger partial charge on any atom is 0.332 e. The first-order valence-corrected chi connectivity index (χ1v) is 13.3. The SMILES string of the molecule is COCCCOc1cc(C(OC(=O)COC)C(CC(N=[N+]=[N-])C2CC(C(C)C)C(=O)O2)C(C)C)ccc1C. The van der Waals surface area contributed by atoms with Crippen molar-refractivity contribution in [2.24, 2.45) is 28.8 Å². The molecule has 1 saturated heterocycles. The van der Waals surface area contributed by atoms with Crippen LogP contribution in [-0.2, 0) is 28.5 Å². The van der Waals surface area contributed by atoms with Crippen molar-refractivity contribution in [3.05, 3.63) is 39.8 Å². The van der Waals surface area contributed by atoms with Gasteiger partial charge in [0, 0.05) is 38.1 Å². The van der Waals surface area contributed by atoms with Crippen LogP contribution in [0.5, 0.6) is 5.75 Å². The van der Waals surface area contributed by atoms with Crippen molar-refractivity contribution in [2.75, 3.05) is 34.0 Å². The molecular weight excluding hydrogens is 490 g/mol. The molecule has 1 aliphatic heterocycles. The van der Waals surface area contributed by atoms with Crippen LogP contribution in [0.4, 0.5) is 0 Å². The molecule has 5 atom stereocenters. The molecule has 10 heteroatoms. The second-order valence-electron chi connectivity index (χ2n) is 10.5. The number of cyclic esters (lactones) is 1. The van der Waals surface area contributed by atoms with Crippen molar-refractivity contribution in [1.82, 2.24) is 0 Å². The third-order valence-corrected chi connectivity index (χ3v) is 7.06. The standard InChI is InChI=1S/C28H43N3O7/c1-17(2)21(14-23(30-31-29)25-15-22(18(3)4)28(33)37-25)27(38-26(32)16-35-7)20-10-9-19(5)24(13-20)36-12-8-11-34-6/h9-10,13,17-18,21-23,25,27H,8,11-12,14-16H2,1-7H3. The van der Waals surface area contributed by atoms with Gasteiger partial charge in [-0.15, -0.1) is 0 Å². The fourth-order valence-corrected chi connectivity index (χ4v) is 4.81. The minimum atomic E-state index is -0.658. The maximum absolute atomic E-state index is 12.6. The molecule has 0 bridgehead atoms. The zero-order valence-electron chi connectivity index (χ0n) is 23.7. The molecule has 0 amide bonds. The Kier molecular flexibility index (Phi) is 12.9. The van der Waals surface area contributed by atoms with Gasteiger partial charge in [0.05, 0.1) is 18.6 Å². The molecule has 0 N–H and O–H groups in total. The van der Waals surface area contributed by atoms with Gasteiger partial charge in [-0.1, -0.05) is 44.9 Å². The van der Waals surface area contributed by atoms with E-state index in [0.29, 0.717) is 31.8 Å². The number of hydrogen-bond acceptors (Lipinski definition) is 8. The molecular formula is C28H43N3O7. The van der Waals surface area contributed by atoms with Crippen LogP contribution in [0.25, 0.3) is 10.4 Å². The van der Waals surface area contributed by atoms with Crippen LogP contribution in [0.3, 0.4) is 0 Å². The molecule has 0 spiro atoms. The Morgan fingerprint density at radius 2 is 1.92 bits per heavy atom. The summed E-state index contributed by atoms with van der Waals surface area (Å²) >= 11 is 0. The maximum atomic E-state index is 12.6. The van der Waals surface area contributed by atoms with E-state index in [9.17, 15) is 15.1 Å². The van der Waals surface area contributed by atoms with E-state index >= 15 is 0 Å². The second kappa shape index (κ2) is 15.6. The number of hydrogen-bond donors (Lipinski definition) is 0. The molecule has 212 valence electrons. The molecule has 38 heavy (non-hydrogen) atoms. The highest BCUT2D eigenvalue weighted by atomic mass is 16.6. The van der Waals surface area contributed by atoms with Crippen molar-refractivity contribution in [3.8, 4) is 5.75 Å². The van der Waals surface area contributed by atoms with E-state index in [-0.39, 0.29) is 36.2 Å². The van der Waals surface area contributed by atoms with Gasteiger partial charge in [0.2, 0.25) is 0 Å². The first-order valence-electron chi connectivity index (χ1n) is 13.3. The molecule has 1 aromatic rings. The third-order valence-electron chi connectivity index (χ3n) is 7.06. The number of esters is 2. The normalized spacial score (nSPS) is 19.6. The molecule has 1 aromatic carbocycles. The molecule has 0 aromatic heterocycles. The average molecular weight is 534 g/mol. The summed E-state index contributed by atoms with van der Waals surface area (Å²) in [5.74, 6) is -0.383.